The number of likely N-dealkylation sites (tertiary alicyclic amines) is 1. The Morgan fingerprint density at radius 1 is 1.39 bits per heavy atom. The molecule has 1 heterocycles. The fraction of sp³-hybridized carbons (Fsp3) is 0.600. The van der Waals surface area contributed by atoms with Gasteiger partial charge in [0.2, 0.25) is 0 Å². The minimum Gasteiger partial charge on any atom is -0.508 e. The van der Waals surface area contributed by atoms with E-state index in [0.717, 1.165) is 12.3 Å². The van der Waals surface area contributed by atoms with E-state index in [1.807, 2.05) is 12.1 Å². The van der Waals surface area contributed by atoms with Crippen LogP contribution in [0, 0.1) is 5.92 Å². The highest BCUT2D eigenvalue weighted by Gasteiger charge is 2.37. The number of hydrogen-bond acceptors (Lipinski definition) is 2. The maximum atomic E-state index is 10.0. The predicted molar refractivity (Wildman–Crippen MR) is 79.7 cm³/mol. The molecule has 0 amide bonds. The highest BCUT2D eigenvalue weighted by Crippen LogP contribution is 2.46. The molecule has 3 rings (SSSR count). The van der Waals surface area contributed by atoms with Gasteiger partial charge in [-0.25, -0.2) is 0 Å². The first-order valence-corrected chi connectivity index (χ1v) is 6.82. The number of benzene rings is 1. The zero-order valence-corrected chi connectivity index (χ0v) is 12.6. The minimum atomic E-state index is 0. The third kappa shape index (κ3) is 2.30. The number of phenolic OH excluding ortho intramolecular Hbond substituents is 1. The van der Waals surface area contributed by atoms with Crippen molar-refractivity contribution in [2.24, 2.45) is 5.92 Å². The molecule has 0 bridgehead atoms. The van der Waals surface area contributed by atoms with Gasteiger partial charge >= 0.3 is 0 Å². The number of hydrogen-bond donors (Lipinski definition) is 1. The third-order valence-electron chi connectivity index (χ3n) is 4.38. The molecule has 1 fully saturated rings. The topological polar surface area (TPSA) is 23.5 Å². The van der Waals surface area contributed by atoms with Gasteiger partial charge in [-0.3, -0.25) is 0 Å². The molecule has 1 saturated heterocycles. The van der Waals surface area contributed by atoms with E-state index in [4.69, 9.17) is 0 Å². The van der Waals surface area contributed by atoms with E-state index in [-0.39, 0.29) is 17.0 Å². The number of fused-ring (bicyclic) bond motifs is 3. The van der Waals surface area contributed by atoms with Gasteiger partial charge in [0.25, 0.3) is 0 Å². The van der Waals surface area contributed by atoms with E-state index < -0.39 is 0 Å². The first-order valence-electron chi connectivity index (χ1n) is 6.82. The SMILES string of the molecule is Br.CCCN1CC[C@H]2c3c(O)cccc3C[C@H]2C1. The summed E-state index contributed by atoms with van der Waals surface area (Å²) in [5.74, 6) is 1.87. The Bertz CT molecular complexity index is 421. The van der Waals surface area contributed by atoms with Crippen LogP contribution in [0.4, 0.5) is 0 Å². The number of aromatic hydroxyl groups is 1. The van der Waals surface area contributed by atoms with Gasteiger partial charge in [-0.15, -0.1) is 17.0 Å². The van der Waals surface area contributed by atoms with Crippen LogP contribution >= 0.6 is 17.0 Å². The van der Waals surface area contributed by atoms with Gasteiger partial charge in [-0.2, -0.15) is 0 Å². The Kier molecular flexibility index (Phi) is 4.33. The van der Waals surface area contributed by atoms with Crippen molar-refractivity contribution in [2.45, 2.75) is 32.1 Å². The van der Waals surface area contributed by atoms with Crippen molar-refractivity contribution in [3.8, 4) is 5.75 Å². The molecule has 0 radical (unpaired) electrons. The molecule has 2 nitrogen and oxygen atoms in total. The normalized spacial score (nSPS) is 26.3. The second kappa shape index (κ2) is 5.62. The van der Waals surface area contributed by atoms with Gasteiger partial charge in [0.05, 0.1) is 0 Å². The van der Waals surface area contributed by atoms with Gasteiger partial charge in [0, 0.05) is 12.1 Å². The molecule has 1 N–H and O–H groups in total. The Morgan fingerprint density at radius 2 is 2.22 bits per heavy atom. The molecule has 1 aliphatic carbocycles. The molecule has 2 atom stereocenters. The molecule has 1 aliphatic heterocycles. The lowest BCUT2D eigenvalue weighted by atomic mass is 9.85. The van der Waals surface area contributed by atoms with Crippen LogP contribution in [-0.4, -0.2) is 29.6 Å². The monoisotopic (exact) mass is 311 g/mol. The summed E-state index contributed by atoms with van der Waals surface area (Å²) >= 11 is 0. The Labute approximate surface area is 120 Å². The minimum absolute atomic E-state index is 0. The molecule has 100 valence electrons. The van der Waals surface area contributed by atoms with Gasteiger partial charge in [0.1, 0.15) is 5.75 Å². The average Bonchev–Trinajstić information content (AvgIpc) is 2.68. The fourth-order valence-electron chi connectivity index (χ4n) is 3.70. The van der Waals surface area contributed by atoms with Crippen molar-refractivity contribution < 1.29 is 5.11 Å². The Morgan fingerprint density at radius 3 is 3.00 bits per heavy atom. The molecule has 0 aromatic heterocycles. The summed E-state index contributed by atoms with van der Waals surface area (Å²) in [6.07, 6.45) is 3.62. The molecule has 3 heteroatoms. The van der Waals surface area contributed by atoms with Crippen LogP contribution in [0.15, 0.2) is 18.2 Å². The highest BCUT2D eigenvalue weighted by atomic mass is 79.9. The molecule has 0 saturated carbocycles. The van der Waals surface area contributed by atoms with Gasteiger partial charge in [-0.05, 0) is 55.8 Å². The number of halogens is 1. The zero-order chi connectivity index (χ0) is 11.8. The van der Waals surface area contributed by atoms with Crippen LogP contribution in [0.2, 0.25) is 0 Å². The fourth-order valence-corrected chi connectivity index (χ4v) is 3.70. The van der Waals surface area contributed by atoms with Crippen molar-refractivity contribution in [1.82, 2.24) is 4.90 Å². The van der Waals surface area contributed by atoms with Gasteiger partial charge < -0.3 is 10.0 Å². The van der Waals surface area contributed by atoms with Crippen LogP contribution in [0.5, 0.6) is 5.75 Å². The standard InChI is InChI=1S/C15H21NO.BrH/c1-2-7-16-8-6-13-12(10-16)9-11-4-3-5-14(17)15(11)13;/h3-5,12-13,17H,2,6-10H2,1H3;1H/t12-,13+;/m0./s1. The molecule has 1 aromatic rings. The third-order valence-corrected chi connectivity index (χ3v) is 4.38. The van der Waals surface area contributed by atoms with E-state index >= 15 is 0 Å². The maximum absolute atomic E-state index is 10.0. The van der Waals surface area contributed by atoms with Crippen LogP contribution < -0.4 is 0 Å². The molecule has 0 spiro atoms. The van der Waals surface area contributed by atoms with Crippen LogP contribution in [0.3, 0.4) is 0 Å². The zero-order valence-electron chi connectivity index (χ0n) is 10.9. The smallest absolute Gasteiger partial charge is 0.119 e. The van der Waals surface area contributed by atoms with E-state index in [0.29, 0.717) is 11.7 Å². The highest BCUT2D eigenvalue weighted by molar-refractivity contribution is 8.93. The summed E-state index contributed by atoms with van der Waals surface area (Å²) in [7, 11) is 0. The van der Waals surface area contributed by atoms with Crippen molar-refractivity contribution in [3.05, 3.63) is 29.3 Å². The number of nitrogens with zero attached hydrogens (tertiary/aromatic N) is 1. The summed E-state index contributed by atoms with van der Waals surface area (Å²) in [6, 6.07) is 6.02. The Balaban J connectivity index is 0.00000120. The lowest BCUT2D eigenvalue weighted by Gasteiger charge is -2.35. The number of rotatable bonds is 2. The number of piperidine rings is 1. The van der Waals surface area contributed by atoms with Crippen molar-refractivity contribution in [3.63, 3.8) is 0 Å². The first-order chi connectivity index (χ1) is 8.29. The average molecular weight is 312 g/mol. The van der Waals surface area contributed by atoms with Crippen LogP contribution in [0.1, 0.15) is 36.8 Å². The molecular weight excluding hydrogens is 290 g/mol. The van der Waals surface area contributed by atoms with Crippen molar-refractivity contribution in [2.75, 3.05) is 19.6 Å². The predicted octanol–water partition coefficient (Wildman–Crippen LogP) is 3.34. The first kappa shape index (κ1) is 13.9. The van der Waals surface area contributed by atoms with Crippen molar-refractivity contribution in [1.29, 1.82) is 0 Å². The van der Waals surface area contributed by atoms with E-state index in [9.17, 15) is 5.11 Å². The number of phenols is 1. The summed E-state index contributed by atoms with van der Waals surface area (Å²) in [6.45, 7) is 5.89. The van der Waals surface area contributed by atoms with Gasteiger partial charge in [-0.1, -0.05) is 19.1 Å². The quantitative estimate of drug-likeness (QED) is 0.905. The molecule has 18 heavy (non-hydrogen) atoms. The summed E-state index contributed by atoms with van der Waals surface area (Å²) in [5, 5.41) is 10.0. The summed E-state index contributed by atoms with van der Waals surface area (Å²) < 4.78 is 0. The van der Waals surface area contributed by atoms with E-state index in [2.05, 4.69) is 17.9 Å². The second-order valence-corrected chi connectivity index (χ2v) is 5.51. The second-order valence-electron chi connectivity index (χ2n) is 5.51. The maximum Gasteiger partial charge on any atom is 0.119 e. The molecule has 0 unspecified atom stereocenters. The lowest BCUT2D eigenvalue weighted by molar-refractivity contribution is 0.162. The van der Waals surface area contributed by atoms with Crippen molar-refractivity contribution >= 4 is 17.0 Å². The largest absolute Gasteiger partial charge is 0.508 e. The molecular formula is C15H22BrNO. The summed E-state index contributed by atoms with van der Waals surface area (Å²) in [4.78, 5) is 2.59. The van der Waals surface area contributed by atoms with E-state index in [1.165, 1.54) is 43.6 Å². The van der Waals surface area contributed by atoms with Crippen LogP contribution in [0.25, 0.3) is 0 Å². The summed E-state index contributed by atoms with van der Waals surface area (Å²) in [5.41, 5.74) is 2.65. The van der Waals surface area contributed by atoms with E-state index in [1.54, 1.807) is 0 Å². The Hall–Kier alpha value is -0.540. The van der Waals surface area contributed by atoms with Gasteiger partial charge in [0.15, 0.2) is 0 Å². The lowest BCUT2D eigenvalue weighted by Crippen LogP contribution is -2.38. The molecule has 1 aromatic carbocycles. The molecule has 2 aliphatic rings. The van der Waals surface area contributed by atoms with Crippen LogP contribution in [-0.2, 0) is 6.42 Å².